The summed E-state index contributed by atoms with van der Waals surface area (Å²) in [6.07, 6.45) is -0.676. The molecule has 0 heterocycles. The van der Waals surface area contributed by atoms with Crippen LogP contribution in [0.25, 0.3) is 0 Å². The topological polar surface area (TPSA) is 26.0 Å². The molecule has 1 saturated carbocycles. The Hall–Kier alpha value is -1.03. The van der Waals surface area contributed by atoms with Crippen molar-refractivity contribution in [1.29, 1.82) is 0 Å². The molecule has 0 aliphatic heterocycles. The van der Waals surface area contributed by atoms with E-state index in [2.05, 4.69) is 13.8 Å². The van der Waals surface area contributed by atoms with E-state index in [1.165, 1.54) is 12.1 Å². The Morgan fingerprint density at radius 2 is 2.00 bits per heavy atom. The van der Waals surface area contributed by atoms with E-state index < -0.39 is 11.7 Å². The summed E-state index contributed by atoms with van der Waals surface area (Å²) in [6.45, 7) is 4.30. The fourth-order valence-corrected chi connectivity index (χ4v) is 3.28. The SMILES string of the molecule is CC1CCCC(N)(Cc2cccc(C(F)(F)F)c2)C1C. The second kappa shape index (κ2) is 5.40. The zero-order valence-electron chi connectivity index (χ0n) is 12.0. The summed E-state index contributed by atoms with van der Waals surface area (Å²) >= 11 is 0. The molecule has 20 heavy (non-hydrogen) atoms. The lowest BCUT2D eigenvalue weighted by Gasteiger charge is -2.43. The van der Waals surface area contributed by atoms with E-state index in [1.807, 2.05) is 0 Å². The van der Waals surface area contributed by atoms with Gasteiger partial charge in [-0.25, -0.2) is 0 Å². The first-order valence-electron chi connectivity index (χ1n) is 7.17. The van der Waals surface area contributed by atoms with Gasteiger partial charge in [0.15, 0.2) is 0 Å². The second-order valence-corrected chi connectivity index (χ2v) is 6.27. The van der Waals surface area contributed by atoms with Crippen molar-refractivity contribution in [3.8, 4) is 0 Å². The molecule has 1 fully saturated rings. The average molecular weight is 285 g/mol. The predicted octanol–water partition coefficient (Wildman–Crippen LogP) is 4.40. The van der Waals surface area contributed by atoms with Crippen molar-refractivity contribution >= 4 is 0 Å². The van der Waals surface area contributed by atoms with Crippen LogP contribution in [0.4, 0.5) is 13.2 Å². The quantitative estimate of drug-likeness (QED) is 0.856. The molecule has 2 N–H and O–H groups in total. The Labute approximate surface area is 118 Å². The van der Waals surface area contributed by atoms with Crippen molar-refractivity contribution in [1.82, 2.24) is 0 Å². The van der Waals surface area contributed by atoms with E-state index in [-0.39, 0.29) is 5.54 Å². The molecule has 0 amide bonds. The summed E-state index contributed by atoms with van der Waals surface area (Å²) in [7, 11) is 0. The third-order valence-corrected chi connectivity index (χ3v) is 4.85. The first kappa shape index (κ1) is 15.4. The monoisotopic (exact) mass is 285 g/mol. The third kappa shape index (κ3) is 3.17. The number of rotatable bonds is 2. The number of alkyl halides is 3. The summed E-state index contributed by atoms with van der Waals surface area (Å²) in [5.74, 6) is 0.852. The molecule has 4 heteroatoms. The van der Waals surface area contributed by atoms with Crippen LogP contribution in [-0.2, 0) is 12.6 Å². The van der Waals surface area contributed by atoms with E-state index >= 15 is 0 Å². The van der Waals surface area contributed by atoms with Gasteiger partial charge in [-0.15, -0.1) is 0 Å². The Morgan fingerprint density at radius 1 is 1.30 bits per heavy atom. The molecule has 3 atom stereocenters. The minimum Gasteiger partial charge on any atom is -0.325 e. The Kier molecular flexibility index (Phi) is 4.14. The predicted molar refractivity (Wildman–Crippen MR) is 74.2 cm³/mol. The van der Waals surface area contributed by atoms with Crippen molar-refractivity contribution in [2.75, 3.05) is 0 Å². The Balaban J connectivity index is 2.21. The van der Waals surface area contributed by atoms with Crippen LogP contribution in [0.2, 0.25) is 0 Å². The summed E-state index contributed by atoms with van der Waals surface area (Å²) in [5.41, 5.74) is 6.21. The lowest BCUT2D eigenvalue weighted by Crippen LogP contribution is -2.52. The highest BCUT2D eigenvalue weighted by Crippen LogP contribution is 2.38. The van der Waals surface area contributed by atoms with Crippen LogP contribution < -0.4 is 5.73 Å². The number of benzene rings is 1. The van der Waals surface area contributed by atoms with Crippen molar-refractivity contribution in [2.45, 2.75) is 51.2 Å². The lowest BCUT2D eigenvalue weighted by atomic mass is 9.66. The highest BCUT2D eigenvalue weighted by atomic mass is 19.4. The maximum atomic E-state index is 12.7. The normalized spacial score (nSPS) is 31.3. The molecule has 1 nitrogen and oxygen atoms in total. The number of hydrogen-bond acceptors (Lipinski definition) is 1. The van der Waals surface area contributed by atoms with Crippen molar-refractivity contribution < 1.29 is 13.2 Å². The molecule has 3 unspecified atom stereocenters. The molecular weight excluding hydrogens is 263 g/mol. The van der Waals surface area contributed by atoms with E-state index in [1.54, 1.807) is 6.07 Å². The Bertz CT molecular complexity index is 469. The molecular formula is C16H22F3N. The van der Waals surface area contributed by atoms with E-state index in [0.717, 1.165) is 25.3 Å². The summed E-state index contributed by atoms with van der Waals surface area (Å²) in [4.78, 5) is 0. The minimum atomic E-state index is -4.29. The molecule has 2 rings (SSSR count). The molecule has 0 spiro atoms. The van der Waals surface area contributed by atoms with E-state index in [0.29, 0.717) is 23.8 Å². The first-order valence-corrected chi connectivity index (χ1v) is 7.17. The standard InChI is InChI=1S/C16H22F3N/c1-11-5-4-8-15(20,12(11)2)10-13-6-3-7-14(9-13)16(17,18)19/h3,6-7,9,11-12H,4-5,8,10,20H2,1-2H3. The van der Waals surface area contributed by atoms with Crippen molar-refractivity contribution in [3.63, 3.8) is 0 Å². The third-order valence-electron chi connectivity index (χ3n) is 4.85. The van der Waals surface area contributed by atoms with Gasteiger partial charge in [-0.05, 0) is 36.3 Å². The molecule has 112 valence electrons. The van der Waals surface area contributed by atoms with E-state index in [9.17, 15) is 13.2 Å². The zero-order valence-corrected chi connectivity index (χ0v) is 12.0. The first-order chi connectivity index (χ1) is 9.22. The van der Waals surface area contributed by atoms with Crippen LogP contribution in [0.5, 0.6) is 0 Å². The maximum Gasteiger partial charge on any atom is 0.416 e. The molecule has 1 aliphatic carbocycles. The van der Waals surface area contributed by atoms with Gasteiger partial charge in [0.25, 0.3) is 0 Å². The van der Waals surface area contributed by atoms with Crippen molar-refractivity contribution in [3.05, 3.63) is 35.4 Å². The number of halogens is 3. The van der Waals surface area contributed by atoms with Gasteiger partial charge in [0, 0.05) is 5.54 Å². The van der Waals surface area contributed by atoms with Gasteiger partial charge in [0.1, 0.15) is 0 Å². The second-order valence-electron chi connectivity index (χ2n) is 6.27. The number of nitrogens with two attached hydrogens (primary N) is 1. The van der Waals surface area contributed by atoms with Gasteiger partial charge in [-0.3, -0.25) is 0 Å². The molecule has 0 radical (unpaired) electrons. The van der Waals surface area contributed by atoms with Gasteiger partial charge in [0.2, 0.25) is 0 Å². The fourth-order valence-electron chi connectivity index (χ4n) is 3.28. The van der Waals surface area contributed by atoms with Crippen LogP contribution in [0.3, 0.4) is 0 Å². The van der Waals surface area contributed by atoms with Gasteiger partial charge in [-0.2, -0.15) is 13.2 Å². The smallest absolute Gasteiger partial charge is 0.325 e. The van der Waals surface area contributed by atoms with Crippen LogP contribution in [0.1, 0.15) is 44.2 Å². The largest absolute Gasteiger partial charge is 0.416 e. The van der Waals surface area contributed by atoms with Gasteiger partial charge < -0.3 is 5.73 Å². The van der Waals surface area contributed by atoms with Crippen LogP contribution >= 0.6 is 0 Å². The van der Waals surface area contributed by atoms with Gasteiger partial charge >= 0.3 is 6.18 Å². The van der Waals surface area contributed by atoms with Crippen LogP contribution in [0, 0.1) is 11.8 Å². The molecule has 1 aromatic carbocycles. The molecule has 1 aromatic rings. The van der Waals surface area contributed by atoms with Crippen molar-refractivity contribution in [2.24, 2.45) is 17.6 Å². The molecule has 0 saturated heterocycles. The summed E-state index contributed by atoms with van der Waals surface area (Å²) in [5, 5.41) is 0. The highest BCUT2D eigenvalue weighted by Gasteiger charge is 2.38. The lowest BCUT2D eigenvalue weighted by molar-refractivity contribution is -0.137. The summed E-state index contributed by atoms with van der Waals surface area (Å²) < 4.78 is 38.2. The fraction of sp³-hybridized carbons (Fsp3) is 0.625. The number of hydrogen-bond donors (Lipinski definition) is 1. The van der Waals surface area contributed by atoms with Crippen LogP contribution in [0.15, 0.2) is 24.3 Å². The average Bonchev–Trinajstić information content (AvgIpc) is 2.35. The molecule has 0 bridgehead atoms. The van der Waals surface area contributed by atoms with Crippen LogP contribution in [-0.4, -0.2) is 5.54 Å². The minimum absolute atomic E-state index is 0.325. The molecule has 0 aromatic heterocycles. The van der Waals surface area contributed by atoms with Gasteiger partial charge in [-0.1, -0.05) is 44.9 Å². The molecule has 1 aliphatic rings. The van der Waals surface area contributed by atoms with E-state index in [4.69, 9.17) is 5.73 Å². The highest BCUT2D eigenvalue weighted by molar-refractivity contribution is 5.27. The van der Waals surface area contributed by atoms with Gasteiger partial charge in [0.05, 0.1) is 5.56 Å². The Morgan fingerprint density at radius 3 is 2.65 bits per heavy atom. The maximum absolute atomic E-state index is 12.7. The summed E-state index contributed by atoms with van der Waals surface area (Å²) in [6, 6.07) is 5.56. The zero-order chi connectivity index (χ0) is 15.0.